The van der Waals surface area contributed by atoms with E-state index in [1.165, 1.54) is 5.39 Å². The number of hydrogen-bond acceptors (Lipinski definition) is 3. The summed E-state index contributed by atoms with van der Waals surface area (Å²) in [7, 11) is 0. The number of nitrogens with zero attached hydrogens (tertiary/aromatic N) is 3. The summed E-state index contributed by atoms with van der Waals surface area (Å²) in [5, 5.41) is 1.21. The summed E-state index contributed by atoms with van der Waals surface area (Å²) >= 11 is 0. The highest BCUT2D eigenvalue weighted by Crippen LogP contribution is 2.19. The lowest BCUT2D eigenvalue weighted by Crippen LogP contribution is -2.49. The van der Waals surface area contributed by atoms with Gasteiger partial charge in [-0.05, 0) is 32.0 Å². The average Bonchev–Trinajstić information content (AvgIpc) is 2.47. The lowest BCUT2D eigenvalue weighted by atomic mass is 10.2. The Labute approximate surface area is 139 Å². The minimum absolute atomic E-state index is 0. The number of aromatic nitrogens is 1. The van der Waals surface area contributed by atoms with Gasteiger partial charge in [0.05, 0.1) is 5.52 Å². The summed E-state index contributed by atoms with van der Waals surface area (Å²) in [6, 6.07) is 13.3. The van der Waals surface area contributed by atoms with Crippen molar-refractivity contribution in [1.29, 1.82) is 0 Å². The van der Waals surface area contributed by atoms with Crippen LogP contribution in [0.5, 0.6) is 0 Å². The van der Waals surface area contributed by atoms with E-state index >= 15 is 0 Å². The lowest BCUT2D eigenvalue weighted by molar-refractivity contribution is 0.209. The van der Waals surface area contributed by atoms with Gasteiger partial charge in [-0.25, -0.2) is 4.98 Å². The number of halogens is 2. The molecule has 0 spiro atoms. The van der Waals surface area contributed by atoms with Gasteiger partial charge in [0.1, 0.15) is 5.82 Å². The van der Waals surface area contributed by atoms with Gasteiger partial charge in [-0.3, -0.25) is 4.90 Å². The van der Waals surface area contributed by atoms with Crippen LogP contribution in [-0.2, 0) is 0 Å². The molecule has 1 fully saturated rings. The molecule has 5 heteroatoms. The second kappa shape index (κ2) is 7.83. The van der Waals surface area contributed by atoms with Crippen LogP contribution in [0.1, 0.15) is 13.8 Å². The van der Waals surface area contributed by atoms with E-state index in [9.17, 15) is 0 Å². The molecule has 0 bridgehead atoms. The number of hydrogen-bond donors (Lipinski definition) is 0. The first-order chi connectivity index (χ1) is 9.24. The zero-order chi connectivity index (χ0) is 13.2. The molecule has 1 aromatic heterocycles. The van der Waals surface area contributed by atoms with E-state index in [1.54, 1.807) is 0 Å². The van der Waals surface area contributed by atoms with Gasteiger partial charge in [0.25, 0.3) is 0 Å². The molecule has 0 unspecified atom stereocenters. The van der Waals surface area contributed by atoms with Crippen molar-refractivity contribution < 1.29 is 0 Å². The molecule has 3 nitrogen and oxygen atoms in total. The third-order valence-electron chi connectivity index (χ3n) is 3.95. The molecule has 0 aliphatic carbocycles. The highest BCUT2D eigenvalue weighted by Gasteiger charge is 2.19. The minimum Gasteiger partial charge on any atom is -0.354 e. The van der Waals surface area contributed by atoms with Gasteiger partial charge in [0, 0.05) is 37.6 Å². The van der Waals surface area contributed by atoms with Crippen LogP contribution >= 0.6 is 24.8 Å². The SMILES string of the molecule is CC(C)N1CCN(c2ccc3ccccc3n2)CC1.Cl.Cl. The number of anilines is 1. The number of para-hydroxylation sites is 1. The molecule has 116 valence electrons. The number of fused-ring (bicyclic) bond motifs is 1. The molecule has 1 aromatic carbocycles. The molecule has 0 atom stereocenters. The van der Waals surface area contributed by atoms with Crippen molar-refractivity contribution in [3.63, 3.8) is 0 Å². The Bertz CT molecular complexity index is 566. The maximum Gasteiger partial charge on any atom is 0.129 e. The summed E-state index contributed by atoms with van der Waals surface area (Å²) in [6.45, 7) is 8.94. The van der Waals surface area contributed by atoms with E-state index in [0.29, 0.717) is 6.04 Å². The van der Waals surface area contributed by atoms with E-state index in [1.807, 2.05) is 0 Å². The van der Waals surface area contributed by atoms with Crippen LogP contribution in [0.2, 0.25) is 0 Å². The molecule has 0 saturated carbocycles. The third-order valence-corrected chi connectivity index (χ3v) is 3.95. The molecule has 2 aromatic rings. The van der Waals surface area contributed by atoms with Crippen molar-refractivity contribution in [2.45, 2.75) is 19.9 Å². The van der Waals surface area contributed by atoms with Crippen molar-refractivity contribution in [1.82, 2.24) is 9.88 Å². The van der Waals surface area contributed by atoms with Crippen LogP contribution in [0, 0.1) is 0 Å². The molecular weight excluding hydrogens is 305 g/mol. The molecule has 0 amide bonds. The predicted octanol–water partition coefficient (Wildman–Crippen LogP) is 3.61. The molecular formula is C16H23Cl2N3. The molecule has 2 heterocycles. The quantitative estimate of drug-likeness (QED) is 0.839. The fraction of sp³-hybridized carbons (Fsp3) is 0.438. The Kier molecular flexibility index (Phi) is 6.72. The molecule has 21 heavy (non-hydrogen) atoms. The summed E-state index contributed by atoms with van der Waals surface area (Å²) in [4.78, 5) is 9.70. The topological polar surface area (TPSA) is 19.4 Å². The first kappa shape index (κ1) is 18.0. The molecule has 1 aliphatic rings. The van der Waals surface area contributed by atoms with Gasteiger partial charge >= 0.3 is 0 Å². The van der Waals surface area contributed by atoms with Crippen molar-refractivity contribution in [2.75, 3.05) is 31.1 Å². The highest BCUT2D eigenvalue weighted by molar-refractivity contribution is 5.85. The van der Waals surface area contributed by atoms with Crippen LogP contribution < -0.4 is 4.90 Å². The van der Waals surface area contributed by atoms with Gasteiger partial charge in [0.2, 0.25) is 0 Å². The smallest absolute Gasteiger partial charge is 0.129 e. The Hall–Kier alpha value is -1.03. The van der Waals surface area contributed by atoms with Crippen molar-refractivity contribution in [2.24, 2.45) is 0 Å². The molecule has 3 rings (SSSR count). The first-order valence-electron chi connectivity index (χ1n) is 7.09. The molecule has 0 N–H and O–H groups in total. The summed E-state index contributed by atoms with van der Waals surface area (Å²) in [5.74, 6) is 1.11. The predicted molar refractivity (Wildman–Crippen MR) is 95.2 cm³/mol. The fourth-order valence-electron chi connectivity index (χ4n) is 2.70. The standard InChI is InChI=1S/C16H21N3.2ClH/c1-13(2)18-9-11-19(12-10-18)16-8-7-14-5-3-4-6-15(14)17-16;;/h3-8,13H,9-12H2,1-2H3;2*1H. The number of rotatable bonds is 2. The van der Waals surface area contributed by atoms with Crippen LogP contribution in [-0.4, -0.2) is 42.1 Å². The Morgan fingerprint density at radius 2 is 1.57 bits per heavy atom. The zero-order valence-corrected chi connectivity index (χ0v) is 14.2. The van der Waals surface area contributed by atoms with E-state index in [-0.39, 0.29) is 24.8 Å². The second-order valence-corrected chi connectivity index (χ2v) is 5.48. The minimum atomic E-state index is 0. The van der Waals surface area contributed by atoms with Crippen molar-refractivity contribution in [3.05, 3.63) is 36.4 Å². The maximum absolute atomic E-state index is 4.78. The van der Waals surface area contributed by atoms with E-state index in [2.05, 4.69) is 60.0 Å². The van der Waals surface area contributed by atoms with E-state index in [0.717, 1.165) is 37.5 Å². The number of piperazine rings is 1. The van der Waals surface area contributed by atoms with E-state index < -0.39 is 0 Å². The van der Waals surface area contributed by atoms with Gasteiger partial charge in [0.15, 0.2) is 0 Å². The Morgan fingerprint density at radius 3 is 2.24 bits per heavy atom. The lowest BCUT2D eigenvalue weighted by Gasteiger charge is -2.37. The van der Waals surface area contributed by atoms with Crippen LogP contribution in [0.3, 0.4) is 0 Å². The second-order valence-electron chi connectivity index (χ2n) is 5.48. The number of benzene rings is 1. The largest absolute Gasteiger partial charge is 0.354 e. The zero-order valence-electron chi connectivity index (χ0n) is 12.5. The fourth-order valence-corrected chi connectivity index (χ4v) is 2.70. The first-order valence-corrected chi connectivity index (χ1v) is 7.09. The molecule has 1 aliphatic heterocycles. The van der Waals surface area contributed by atoms with E-state index in [4.69, 9.17) is 4.98 Å². The van der Waals surface area contributed by atoms with Gasteiger partial charge in [-0.1, -0.05) is 18.2 Å². The summed E-state index contributed by atoms with van der Waals surface area (Å²) in [6.07, 6.45) is 0. The van der Waals surface area contributed by atoms with Crippen molar-refractivity contribution >= 4 is 41.5 Å². The Balaban J connectivity index is 0.00000110. The molecule has 1 saturated heterocycles. The summed E-state index contributed by atoms with van der Waals surface area (Å²) < 4.78 is 0. The van der Waals surface area contributed by atoms with Gasteiger partial charge in [-0.2, -0.15) is 0 Å². The highest BCUT2D eigenvalue weighted by atomic mass is 35.5. The monoisotopic (exact) mass is 327 g/mol. The molecule has 0 radical (unpaired) electrons. The average molecular weight is 328 g/mol. The van der Waals surface area contributed by atoms with Crippen LogP contribution in [0.25, 0.3) is 10.9 Å². The van der Waals surface area contributed by atoms with Crippen LogP contribution in [0.15, 0.2) is 36.4 Å². The Morgan fingerprint density at radius 1 is 0.905 bits per heavy atom. The maximum atomic E-state index is 4.78. The normalized spacial score (nSPS) is 15.7. The summed E-state index contributed by atoms with van der Waals surface area (Å²) in [5.41, 5.74) is 1.09. The van der Waals surface area contributed by atoms with Gasteiger partial charge < -0.3 is 4.90 Å². The van der Waals surface area contributed by atoms with Crippen molar-refractivity contribution in [3.8, 4) is 0 Å². The third kappa shape index (κ3) is 4.00. The van der Waals surface area contributed by atoms with Gasteiger partial charge in [-0.15, -0.1) is 24.8 Å². The number of pyridine rings is 1. The van der Waals surface area contributed by atoms with Crippen LogP contribution in [0.4, 0.5) is 5.82 Å².